The Bertz CT molecular complexity index is 498. The number of rotatable bonds is 4. The lowest BCUT2D eigenvalue weighted by molar-refractivity contribution is -0.138. The molecule has 1 heterocycles. The van der Waals surface area contributed by atoms with Gasteiger partial charge in [0.05, 0.1) is 0 Å². The van der Waals surface area contributed by atoms with Gasteiger partial charge in [-0.15, -0.1) is 0 Å². The molecule has 4 nitrogen and oxygen atoms in total. The van der Waals surface area contributed by atoms with E-state index in [2.05, 4.69) is 6.92 Å². The maximum atomic E-state index is 12.3. The molecule has 0 saturated carbocycles. The fourth-order valence-corrected chi connectivity index (χ4v) is 2.41. The molecule has 0 bridgehead atoms. The summed E-state index contributed by atoms with van der Waals surface area (Å²) in [5.74, 6) is -1.13. The van der Waals surface area contributed by atoms with Gasteiger partial charge in [-0.25, -0.2) is 0 Å². The standard InChI is InChI=1S/C15H19NO3/c1-3-10(2)8-14(17)16-9-12(15(18)19)11-6-4-5-7-13(11)16/h4-7,10,12H,3,8-9H2,1-2H3,(H,18,19). The second-order valence-electron chi connectivity index (χ2n) is 5.17. The molecular formula is C15H19NO3. The molecule has 1 aliphatic heterocycles. The molecule has 0 saturated heterocycles. The van der Waals surface area contributed by atoms with Crippen LogP contribution in [-0.2, 0) is 9.59 Å². The Morgan fingerprint density at radius 2 is 2.11 bits per heavy atom. The van der Waals surface area contributed by atoms with Crippen molar-refractivity contribution >= 4 is 17.6 Å². The number of aliphatic carboxylic acids is 1. The molecule has 1 aromatic carbocycles. The quantitative estimate of drug-likeness (QED) is 0.906. The molecule has 0 fully saturated rings. The second kappa shape index (κ2) is 5.43. The predicted octanol–water partition coefficient (Wildman–Crippen LogP) is 2.64. The van der Waals surface area contributed by atoms with Crippen LogP contribution < -0.4 is 4.90 Å². The van der Waals surface area contributed by atoms with E-state index in [-0.39, 0.29) is 12.5 Å². The van der Waals surface area contributed by atoms with Gasteiger partial charge in [-0.3, -0.25) is 9.59 Å². The number of carbonyl (C=O) groups excluding carboxylic acids is 1. The van der Waals surface area contributed by atoms with Gasteiger partial charge in [-0.2, -0.15) is 0 Å². The van der Waals surface area contributed by atoms with Crippen LogP contribution in [0.2, 0.25) is 0 Å². The number of hydrogen-bond acceptors (Lipinski definition) is 2. The minimum atomic E-state index is -0.869. The summed E-state index contributed by atoms with van der Waals surface area (Å²) in [6.07, 6.45) is 1.42. The van der Waals surface area contributed by atoms with Crippen molar-refractivity contribution in [3.05, 3.63) is 29.8 Å². The smallest absolute Gasteiger partial charge is 0.312 e. The molecule has 1 N–H and O–H groups in total. The zero-order chi connectivity index (χ0) is 14.0. The summed E-state index contributed by atoms with van der Waals surface area (Å²) in [6.45, 7) is 4.34. The Hall–Kier alpha value is -1.84. The fraction of sp³-hybridized carbons (Fsp3) is 0.467. The summed E-state index contributed by atoms with van der Waals surface area (Å²) < 4.78 is 0. The van der Waals surface area contributed by atoms with Crippen molar-refractivity contribution in [3.63, 3.8) is 0 Å². The average molecular weight is 261 g/mol. The van der Waals surface area contributed by atoms with Gasteiger partial charge in [0.15, 0.2) is 0 Å². The van der Waals surface area contributed by atoms with E-state index < -0.39 is 11.9 Å². The summed E-state index contributed by atoms with van der Waals surface area (Å²) in [6, 6.07) is 7.28. The molecule has 1 amide bonds. The first kappa shape index (κ1) is 13.6. The third kappa shape index (κ3) is 2.62. The van der Waals surface area contributed by atoms with Crippen LogP contribution in [0.3, 0.4) is 0 Å². The van der Waals surface area contributed by atoms with E-state index >= 15 is 0 Å². The normalized spacial score (nSPS) is 19.1. The summed E-state index contributed by atoms with van der Waals surface area (Å²) in [4.78, 5) is 25.2. The minimum Gasteiger partial charge on any atom is -0.481 e. The zero-order valence-corrected chi connectivity index (χ0v) is 11.3. The summed E-state index contributed by atoms with van der Waals surface area (Å²) >= 11 is 0. The van der Waals surface area contributed by atoms with Gasteiger partial charge in [0, 0.05) is 18.7 Å². The topological polar surface area (TPSA) is 57.6 Å². The molecule has 1 aromatic rings. The van der Waals surface area contributed by atoms with Gasteiger partial charge in [-0.05, 0) is 17.5 Å². The van der Waals surface area contributed by atoms with E-state index in [4.69, 9.17) is 0 Å². The van der Waals surface area contributed by atoms with E-state index in [0.717, 1.165) is 17.7 Å². The van der Waals surface area contributed by atoms with Crippen LogP contribution >= 0.6 is 0 Å². The molecule has 4 heteroatoms. The van der Waals surface area contributed by atoms with E-state index in [1.165, 1.54) is 0 Å². The molecular weight excluding hydrogens is 242 g/mol. The highest BCUT2D eigenvalue weighted by Gasteiger charge is 2.36. The van der Waals surface area contributed by atoms with Crippen molar-refractivity contribution in [3.8, 4) is 0 Å². The van der Waals surface area contributed by atoms with Crippen molar-refractivity contribution in [2.75, 3.05) is 11.4 Å². The third-order valence-corrected chi connectivity index (χ3v) is 3.79. The fourth-order valence-electron chi connectivity index (χ4n) is 2.41. The van der Waals surface area contributed by atoms with Crippen LogP contribution in [0.15, 0.2) is 24.3 Å². The van der Waals surface area contributed by atoms with Crippen LogP contribution in [0.4, 0.5) is 5.69 Å². The Balaban J connectivity index is 2.25. The van der Waals surface area contributed by atoms with Crippen molar-refractivity contribution in [2.45, 2.75) is 32.6 Å². The lowest BCUT2D eigenvalue weighted by Crippen LogP contribution is -2.32. The highest BCUT2D eigenvalue weighted by Crippen LogP contribution is 2.36. The number of anilines is 1. The number of hydrogen-bond donors (Lipinski definition) is 1. The molecule has 19 heavy (non-hydrogen) atoms. The summed E-state index contributed by atoms with van der Waals surface area (Å²) in [5, 5.41) is 9.25. The van der Waals surface area contributed by atoms with Crippen molar-refractivity contribution in [2.24, 2.45) is 5.92 Å². The average Bonchev–Trinajstić information content (AvgIpc) is 2.78. The highest BCUT2D eigenvalue weighted by atomic mass is 16.4. The summed E-state index contributed by atoms with van der Waals surface area (Å²) in [7, 11) is 0. The first-order chi connectivity index (χ1) is 9.04. The maximum absolute atomic E-state index is 12.3. The van der Waals surface area contributed by atoms with E-state index in [0.29, 0.717) is 12.3 Å². The Labute approximate surface area is 113 Å². The molecule has 0 aromatic heterocycles. The van der Waals surface area contributed by atoms with Gasteiger partial charge < -0.3 is 10.0 Å². The molecule has 0 spiro atoms. The maximum Gasteiger partial charge on any atom is 0.312 e. The molecule has 2 atom stereocenters. The van der Waals surface area contributed by atoms with Crippen molar-refractivity contribution in [1.29, 1.82) is 0 Å². The van der Waals surface area contributed by atoms with Gasteiger partial charge in [0.2, 0.25) is 5.91 Å². The number of fused-ring (bicyclic) bond motifs is 1. The third-order valence-electron chi connectivity index (χ3n) is 3.79. The van der Waals surface area contributed by atoms with E-state index in [1.54, 1.807) is 11.0 Å². The van der Waals surface area contributed by atoms with Gasteiger partial charge in [0.1, 0.15) is 5.92 Å². The number of amides is 1. The highest BCUT2D eigenvalue weighted by molar-refractivity contribution is 5.99. The van der Waals surface area contributed by atoms with Crippen LogP contribution in [0.1, 0.15) is 38.2 Å². The van der Waals surface area contributed by atoms with Gasteiger partial charge in [0.25, 0.3) is 0 Å². The Kier molecular flexibility index (Phi) is 3.88. The molecule has 0 radical (unpaired) electrons. The van der Waals surface area contributed by atoms with Gasteiger partial charge in [-0.1, -0.05) is 38.5 Å². The lowest BCUT2D eigenvalue weighted by Gasteiger charge is -2.19. The number of carbonyl (C=O) groups is 2. The second-order valence-corrected chi connectivity index (χ2v) is 5.17. The molecule has 0 aliphatic carbocycles. The first-order valence-corrected chi connectivity index (χ1v) is 6.66. The molecule has 2 rings (SSSR count). The first-order valence-electron chi connectivity index (χ1n) is 6.66. The minimum absolute atomic E-state index is 0.0190. The number of nitrogens with zero attached hydrogens (tertiary/aromatic N) is 1. The van der Waals surface area contributed by atoms with Crippen LogP contribution in [0, 0.1) is 5.92 Å². The van der Waals surface area contributed by atoms with Crippen LogP contribution in [-0.4, -0.2) is 23.5 Å². The largest absolute Gasteiger partial charge is 0.481 e. The van der Waals surface area contributed by atoms with E-state index in [1.807, 2.05) is 25.1 Å². The number of carboxylic acid groups (broad SMARTS) is 1. The molecule has 2 unspecified atom stereocenters. The van der Waals surface area contributed by atoms with Crippen LogP contribution in [0.25, 0.3) is 0 Å². The zero-order valence-electron chi connectivity index (χ0n) is 11.3. The monoisotopic (exact) mass is 261 g/mol. The molecule has 102 valence electrons. The SMILES string of the molecule is CCC(C)CC(=O)N1CC(C(=O)O)c2ccccc21. The number of benzene rings is 1. The lowest BCUT2D eigenvalue weighted by atomic mass is 10.0. The number of para-hydroxylation sites is 1. The van der Waals surface area contributed by atoms with Crippen molar-refractivity contribution < 1.29 is 14.7 Å². The van der Waals surface area contributed by atoms with E-state index in [9.17, 15) is 14.7 Å². The Morgan fingerprint density at radius 1 is 1.42 bits per heavy atom. The van der Waals surface area contributed by atoms with Crippen LogP contribution in [0.5, 0.6) is 0 Å². The predicted molar refractivity (Wildman–Crippen MR) is 73.2 cm³/mol. The Morgan fingerprint density at radius 3 is 2.74 bits per heavy atom. The summed E-state index contributed by atoms with van der Waals surface area (Å²) in [5.41, 5.74) is 1.50. The number of carboxylic acids is 1. The van der Waals surface area contributed by atoms with Gasteiger partial charge >= 0.3 is 5.97 Å². The molecule has 1 aliphatic rings. The van der Waals surface area contributed by atoms with Crippen molar-refractivity contribution in [1.82, 2.24) is 0 Å².